The van der Waals surface area contributed by atoms with Gasteiger partial charge < -0.3 is 14.4 Å². The molecule has 12 heteroatoms. The number of hydrogen-bond acceptors (Lipinski definition) is 8. The summed E-state index contributed by atoms with van der Waals surface area (Å²) in [7, 11) is 0. The summed E-state index contributed by atoms with van der Waals surface area (Å²) in [6, 6.07) is 2.92. The number of halogens is 2. The summed E-state index contributed by atoms with van der Waals surface area (Å²) >= 11 is 0. The predicted octanol–water partition coefficient (Wildman–Crippen LogP) is 3.97. The summed E-state index contributed by atoms with van der Waals surface area (Å²) in [5.74, 6) is -0.547. The Morgan fingerprint density at radius 2 is 1.66 bits per heavy atom. The van der Waals surface area contributed by atoms with E-state index in [2.05, 4.69) is 42.1 Å². The molecule has 0 spiro atoms. The highest BCUT2D eigenvalue weighted by atomic mass is 19.1. The molecule has 5 rings (SSSR count). The maximum absolute atomic E-state index is 14.9. The highest BCUT2D eigenvalue weighted by Crippen LogP contribution is 2.30. The number of rotatable bonds is 6. The number of nitrogens with zero attached hydrogens (tertiary/aromatic N) is 8. The van der Waals surface area contributed by atoms with Gasteiger partial charge in [0.15, 0.2) is 11.6 Å². The number of imidazole rings is 1. The lowest BCUT2D eigenvalue weighted by molar-refractivity contribution is 0.0642. The number of likely N-dealkylation sites (N-methyl/N-ethyl adjacent to an activating group) is 1. The lowest BCUT2D eigenvalue weighted by atomic mass is 10.1. The van der Waals surface area contributed by atoms with Crippen LogP contribution >= 0.6 is 0 Å². The van der Waals surface area contributed by atoms with Crippen molar-refractivity contribution in [2.75, 3.05) is 38.0 Å². The van der Waals surface area contributed by atoms with Crippen molar-refractivity contribution in [1.29, 1.82) is 0 Å². The Morgan fingerprint density at radius 3 is 2.32 bits per heavy atom. The van der Waals surface area contributed by atoms with Crippen molar-refractivity contribution in [2.24, 2.45) is 0 Å². The summed E-state index contributed by atoms with van der Waals surface area (Å²) < 4.78 is 31.6. The number of aryl methyl sites for hydroxylation is 1. The van der Waals surface area contributed by atoms with Crippen LogP contribution in [0.4, 0.5) is 20.7 Å². The van der Waals surface area contributed by atoms with E-state index in [9.17, 15) is 13.6 Å². The molecule has 0 radical (unpaired) electrons. The molecule has 0 atom stereocenters. The molecule has 1 aliphatic rings. The minimum absolute atomic E-state index is 0.0326. The minimum atomic E-state index is -0.702. The van der Waals surface area contributed by atoms with Crippen molar-refractivity contribution in [3.63, 3.8) is 0 Å². The molecule has 198 valence electrons. The van der Waals surface area contributed by atoms with Crippen molar-refractivity contribution < 1.29 is 13.6 Å². The molecule has 3 aromatic heterocycles. The normalized spacial score (nSPS) is 14.4. The first-order valence-corrected chi connectivity index (χ1v) is 12.6. The molecule has 1 aromatic carbocycles. The molecule has 0 bridgehead atoms. The van der Waals surface area contributed by atoms with Gasteiger partial charge in [0.1, 0.15) is 17.0 Å². The molecule has 1 aliphatic heterocycles. The summed E-state index contributed by atoms with van der Waals surface area (Å²) in [5, 5.41) is 2.83. The Morgan fingerprint density at radius 1 is 0.974 bits per heavy atom. The van der Waals surface area contributed by atoms with Crippen LogP contribution in [0.5, 0.6) is 0 Å². The van der Waals surface area contributed by atoms with Crippen LogP contribution in [-0.4, -0.2) is 77.9 Å². The zero-order valence-electron chi connectivity index (χ0n) is 21.7. The Balaban J connectivity index is 1.37. The molecule has 1 amide bonds. The molecule has 10 nitrogen and oxygen atoms in total. The summed E-state index contributed by atoms with van der Waals surface area (Å²) in [5.41, 5.74) is 1.34. The zero-order valence-corrected chi connectivity index (χ0v) is 21.7. The topological polar surface area (TPSA) is 105 Å². The summed E-state index contributed by atoms with van der Waals surface area (Å²) in [4.78, 5) is 37.8. The molecule has 0 unspecified atom stereocenters. The number of nitrogens with one attached hydrogen (secondary N) is 1. The van der Waals surface area contributed by atoms with Crippen LogP contribution in [-0.2, 0) is 0 Å². The monoisotopic (exact) mass is 521 g/mol. The van der Waals surface area contributed by atoms with Gasteiger partial charge in [-0.05, 0) is 39.4 Å². The number of benzene rings is 1. The number of amides is 1. The van der Waals surface area contributed by atoms with E-state index >= 15 is 0 Å². The third-order valence-corrected chi connectivity index (χ3v) is 6.69. The van der Waals surface area contributed by atoms with Crippen molar-refractivity contribution in [2.45, 2.75) is 33.7 Å². The van der Waals surface area contributed by atoms with Gasteiger partial charge in [-0.2, -0.15) is 0 Å². The van der Waals surface area contributed by atoms with Crippen LogP contribution in [0.1, 0.15) is 43.0 Å². The van der Waals surface area contributed by atoms with Gasteiger partial charge in [-0.1, -0.05) is 6.92 Å². The first kappa shape index (κ1) is 25.6. The number of carbonyl (C=O) groups excluding carboxylic acids is 1. The maximum Gasteiger partial charge on any atom is 0.257 e. The van der Waals surface area contributed by atoms with Crippen LogP contribution in [0, 0.1) is 18.6 Å². The van der Waals surface area contributed by atoms with E-state index in [0.717, 1.165) is 25.8 Å². The number of piperazine rings is 1. The van der Waals surface area contributed by atoms with Gasteiger partial charge in [0.25, 0.3) is 5.91 Å². The molecule has 1 saturated heterocycles. The predicted molar refractivity (Wildman–Crippen MR) is 139 cm³/mol. The van der Waals surface area contributed by atoms with Crippen LogP contribution in [0.3, 0.4) is 0 Å². The average Bonchev–Trinajstić information content (AvgIpc) is 3.26. The van der Waals surface area contributed by atoms with E-state index < -0.39 is 11.6 Å². The van der Waals surface area contributed by atoms with Gasteiger partial charge in [-0.25, -0.2) is 33.7 Å². The van der Waals surface area contributed by atoms with Crippen molar-refractivity contribution in [3.8, 4) is 11.3 Å². The van der Waals surface area contributed by atoms with E-state index in [1.165, 1.54) is 18.5 Å². The molecular weight excluding hydrogens is 492 g/mol. The molecular formula is C26H29F2N9O. The zero-order chi connectivity index (χ0) is 27.0. The first-order valence-electron chi connectivity index (χ1n) is 12.6. The smallest absolute Gasteiger partial charge is 0.257 e. The van der Waals surface area contributed by atoms with E-state index in [1.54, 1.807) is 17.9 Å². The molecule has 1 N–H and O–H groups in total. The molecule has 38 heavy (non-hydrogen) atoms. The molecule has 0 saturated carbocycles. The Labute approximate surface area is 218 Å². The number of fused-ring (bicyclic) bond motifs is 1. The number of hydrogen-bond donors (Lipinski definition) is 1. The van der Waals surface area contributed by atoms with Gasteiger partial charge in [-0.3, -0.25) is 10.1 Å². The van der Waals surface area contributed by atoms with Gasteiger partial charge in [0.2, 0.25) is 11.9 Å². The van der Waals surface area contributed by atoms with Crippen LogP contribution in [0.15, 0.2) is 30.7 Å². The van der Waals surface area contributed by atoms with Crippen molar-refractivity contribution >= 4 is 28.8 Å². The molecule has 1 fully saturated rings. The number of anilines is 2. The average molecular weight is 522 g/mol. The van der Waals surface area contributed by atoms with Gasteiger partial charge >= 0.3 is 0 Å². The Kier molecular flexibility index (Phi) is 6.98. The van der Waals surface area contributed by atoms with E-state index in [0.29, 0.717) is 30.0 Å². The fourth-order valence-corrected chi connectivity index (χ4v) is 4.74. The Hall–Kier alpha value is -4.06. The Bertz CT molecular complexity index is 1480. The lowest BCUT2D eigenvalue weighted by Crippen LogP contribution is -2.48. The van der Waals surface area contributed by atoms with Crippen molar-refractivity contribution in [1.82, 2.24) is 39.3 Å². The van der Waals surface area contributed by atoms with Crippen molar-refractivity contribution in [3.05, 3.63) is 53.7 Å². The fourth-order valence-electron chi connectivity index (χ4n) is 4.74. The molecule has 4 heterocycles. The summed E-state index contributed by atoms with van der Waals surface area (Å²) in [6.45, 7) is 11.8. The third kappa shape index (κ3) is 4.91. The summed E-state index contributed by atoms with van der Waals surface area (Å²) in [6.07, 6.45) is 3.88. The quantitative estimate of drug-likeness (QED) is 0.406. The number of aromatic nitrogens is 6. The largest absolute Gasteiger partial charge is 0.336 e. The van der Waals surface area contributed by atoms with Crippen LogP contribution in [0.2, 0.25) is 0 Å². The fraction of sp³-hybridized carbons (Fsp3) is 0.385. The highest BCUT2D eigenvalue weighted by molar-refractivity contribution is 5.93. The third-order valence-electron chi connectivity index (χ3n) is 6.69. The molecule has 4 aromatic rings. The van der Waals surface area contributed by atoms with E-state index in [-0.39, 0.29) is 40.6 Å². The van der Waals surface area contributed by atoms with E-state index in [1.807, 2.05) is 18.4 Å². The van der Waals surface area contributed by atoms with Gasteiger partial charge in [0.05, 0.1) is 17.3 Å². The number of carbonyl (C=O) groups is 1. The second-order valence-electron chi connectivity index (χ2n) is 9.49. The van der Waals surface area contributed by atoms with Crippen LogP contribution < -0.4 is 5.32 Å². The maximum atomic E-state index is 14.9. The second kappa shape index (κ2) is 10.4. The molecule has 0 aliphatic carbocycles. The standard InChI is InChI=1S/C26H29F2N9O/c1-5-35-6-8-36(9-7-35)24(38)18-12-29-25(30-13-18)34-26-31-14-20(28)22(33-26)17-10-19(27)23-21(11-17)37(15(2)3)16(4)32-23/h10-15H,5-9H2,1-4H3,(H,29,30,31,33,34). The first-order chi connectivity index (χ1) is 18.2. The highest BCUT2D eigenvalue weighted by Gasteiger charge is 2.22. The second-order valence-corrected chi connectivity index (χ2v) is 9.49. The van der Waals surface area contributed by atoms with E-state index in [4.69, 9.17) is 0 Å². The van der Waals surface area contributed by atoms with Crippen LogP contribution in [0.25, 0.3) is 22.3 Å². The SMILES string of the molecule is CCN1CCN(C(=O)c2cnc(Nc3ncc(F)c(-c4cc(F)c5nc(C)n(C(C)C)c5c4)n3)nc2)CC1. The van der Waals surface area contributed by atoms with Gasteiger partial charge in [0, 0.05) is 50.2 Å². The lowest BCUT2D eigenvalue weighted by Gasteiger charge is -2.33. The minimum Gasteiger partial charge on any atom is -0.336 e. The van der Waals surface area contributed by atoms with Gasteiger partial charge in [-0.15, -0.1) is 0 Å².